The van der Waals surface area contributed by atoms with E-state index in [9.17, 15) is 4.79 Å². The fourth-order valence-corrected chi connectivity index (χ4v) is 4.42. The van der Waals surface area contributed by atoms with Gasteiger partial charge in [0.05, 0.1) is 0 Å². The molecule has 0 fully saturated rings. The molecule has 2 rings (SSSR count). The third kappa shape index (κ3) is 8.49. The molecule has 1 aliphatic heterocycles. The van der Waals surface area contributed by atoms with E-state index in [0.29, 0.717) is 11.5 Å². The Morgan fingerprint density at radius 1 is 1.07 bits per heavy atom. The highest BCUT2D eigenvalue weighted by atomic mass is 32.2. The molecule has 4 nitrogen and oxygen atoms in total. The van der Waals surface area contributed by atoms with E-state index in [-0.39, 0.29) is 11.7 Å². The summed E-state index contributed by atoms with van der Waals surface area (Å²) in [4.78, 5) is 12.4. The lowest BCUT2D eigenvalue weighted by atomic mass is 10.0. The molecular formula is C24H39NO3S. The van der Waals surface area contributed by atoms with Crippen LogP contribution >= 0.6 is 11.9 Å². The van der Waals surface area contributed by atoms with Crippen LogP contribution in [0.25, 0.3) is 0 Å². The van der Waals surface area contributed by atoms with E-state index < -0.39 is 0 Å². The molecule has 1 aliphatic rings. The van der Waals surface area contributed by atoms with Gasteiger partial charge in [-0.1, -0.05) is 76.8 Å². The number of para-hydroxylation sites is 1. The molecule has 0 radical (unpaired) electrons. The average Bonchev–Trinajstić information content (AvgIpc) is 3.00. The van der Waals surface area contributed by atoms with Crippen LogP contribution in [0.5, 0.6) is 11.5 Å². The highest BCUT2D eigenvalue weighted by Crippen LogP contribution is 2.42. The Labute approximate surface area is 181 Å². The van der Waals surface area contributed by atoms with Crippen LogP contribution in [-0.4, -0.2) is 28.8 Å². The minimum atomic E-state index is -0.344. The highest BCUT2D eigenvalue weighted by molar-refractivity contribution is 7.97. The van der Waals surface area contributed by atoms with Crippen LogP contribution in [0.1, 0.15) is 90.5 Å². The topological polar surface area (TPSA) is 38.8 Å². The summed E-state index contributed by atoms with van der Waals surface area (Å²) in [5.41, 5.74) is 0.849. The molecule has 164 valence electrons. The van der Waals surface area contributed by atoms with Gasteiger partial charge in [0.15, 0.2) is 11.5 Å². The molecule has 0 unspecified atom stereocenters. The van der Waals surface area contributed by atoms with Crippen LogP contribution in [-0.2, 0) is 6.42 Å². The first kappa shape index (κ1) is 23.9. The maximum absolute atomic E-state index is 12.4. The van der Waals surface area contributed by atoms with Gasteiger partial charge in [0, 0.05) is 24.8 Å². The predicted octanol–water partition coefficient (Wildman–Crippen LogP) is 7.40. The molecule has 0 aromatic heterocycles. The Balaban J connectivity index is 1.58. The van der Waals surface area contributed by atoms with Crippen molar-refractivity contribution in [3.8, 4) is 11.5 Å². The fraction of sp³-hybridized carbons (Fsp3) is 0.708. The Bertz CT molecular complexity index is 633. The van der Waals surface area contributed by atoms with Crippen LogP contribution in [0.4, 0.5) is 4.79 Å². The van der Waals surface area contributed by atoms with Crippen LogP contribution in [0, 0.1) is 0 Å². The van der Waals surface area contributed by atoms with Crippen molar-refractivity contribution < 1.29 is 14.3 Å². The zero-order chi connectivity index (χ0) is 21.1. The lowest BCUT2D eigenvalue weighted by Gasteiger charge is -2.19. The van der Waals surface area contributed by atoms with Gasteiger partial charge in [0.25, 0.3) is 0 Å². The number of hydrogen-bond donors (Lipinski definition) is 0. The van der Waals surface area contributed by atoms with E-state index in [1.165, 1.54) is 69.7 Å². The number of unbranched alkanes of at least 4 members (excludes halogenated alkanes) is 9. The second-order valence-corrected chi connectivity index (χ2v) is 9.88. The molecule has 0 atom stereocenters. The lowest BCUT2D eigenvalue weighted by molar-refractivity contribution is 0.132. The van der Waals surface area contributed by atoms with Crippen molar-refractivity contribution in [1.82, 2.24) is 4.31 Å². The summed E-state index contributed by atoms with van der Waals surface area (Å²) in [5, 5.41) is 0. The van der Waals surface area contributed by atoms with Gasteiger partial charge in [-0.3, -0.25) is 4.31 Å². The quantitative estimate of drug-likeness (QED) is 0.246. The molecule has 0 bridgehead atoms. The minimum absolute atomic E-state index is 0.249. The summed E-state index contributed by atoms with van der Waals surface area (Å²) in [6.07, 6.45) is 13.7. The standard InChI is InChI=1S/C24H39NO3S/c1-5-6-7-8-9-10-11-12-13-14-18-29-25(4)23(26)27-21-17-15-16-20-19-24(2,3)28-22(20)21/h15-17H,5-14,18-19H2,1-4H3. The zero-order valence-corrected chi connectivity index (χ0v) is 19.6. The molecule has 0 N–H and O–H groups in total. The summed E-state index contributed by atoms with van der Waals surface area (Å²) in [7, 11) is 1.78. The first-order chi connectivity index (χ1) is 13.9. The summed E-state index contributed by atoms with van der Waals surface area (Å²) in [6.45, 7) is 6.36. The minimum Gasteiger partial charge on any atom is -0.483 e. The smallest absolute Gasteiger partial charge is 0.425 e. The van der Waals surface area contributed by atoms with Gasteiger partial charge in [0.2, 0.25) is 0 Å². The van der Waals surface area contributed by atoms with Crippen molar-refractivity contribution in [3.05, 3.63) is 23.8 Å². The second-order valence-electron chi connectivity index (χ2n) is 8.66. The number of carbonyl (C=O) groups excluding carboxylic acids is 1. The van der Waals surface area contributed by atoms with E-state index in [0.717, 1.165) is 24.2 Å². The number of rotatable bonds is 13. The summed E-state index contributed by atoms with van der Waals surface area (Å²) < 4.78 is 13.2. The number of nitrogens with zero attached hydrogens (tertiary/aromatic N) is 1. The van der Waals surface area contributed by atoms with Crippen LogP contribution < -0.4 is 9.47 Å². The summed E-state index contributed by atoms with van der Waals surface area (Å²) >= 11 is 1.53. The normalized spacial score (nSPS) is 14.3. The number of fused-ring (bicyclic) bond motifs is 1. The molecular weight excluding hydrogens is 382 g/mol. The molecule has 0 saturated carbocycles. The van der Waals surface area contributed by atoms with Gasteiger partial charge in [-0.15, -0.1) is 0 Å². The van der Waals surface area contributed by atoms with Gasteiger partial charge < -0.3 is 9.47 Å². The zero-order valence-electron chi connectivity index (χ0n) is 18.8. The largest absolute Gasteiger partial charge is 0.483 e. The maximum Gasteiger partial charge on any atom is 0.425 e. The van der Waals surface area contributed by atoms with Crippen molar-refractivity contribution >= 4 is 18.0 Å². The van der Waals surface area contributed by atoms with Crippen molar-refractivity contribution in [2.45, 2.75) is 97.0 Å². The van der Waals surface area contributed by atoms with E-state index in [4.69, 9.17) is 9.47 Å². The van der Waals surface area contributed by atoms with Gasteiger partial charge in [0.1, 0.15) is 5.60 Å². The van der Waals surface area contributed by atoms with Crippen molar-refractivity contribution in [2.24, 2.45) is 0 Å². The van der Waals surface area contributed by atoms with Crippen molar-refractivity contribution in [2.75, 3.05) is 12.8 Å². The molecule has 5 heteroatoms. The third-order valence-corrected chi connectivity index (χ3v) is 6.30. The molecule has 29 heavy (non-hydrogen) atoms. The number of ether oxygens (including phenoxy) is 2. The first-order valence-corrected chi connectivity index (χ1v) is 12.3. The second kappa shape index (κ2) is 12.4. The van der Waals surface area contributed by atoms with Crippen LogP contribution in [0.15, 0.2) is 18.2 Å². The molecule has 0 spiro atoms. The van der Waals surface area contributed by atoms with Crippen LogP contribution in [0.2, 0.25) is 0 Å². The van der Waals surface area contributed by atoms with E-state index in [1.807, 2.05) is 26.0 Å². The molecule has 0 saturated heterocycles. The fourth-order valence-electron chi connectivity index (χ4n) is 3.67. The van der Waals surface area contributed by atoms with Gasteiger partial charge in [-0.2, -0.15) is 0 Å². The molecule has 1 aromatic rings. The van der Waals surface area contributed by atoms with Gasteiger partial charge in [-0.05, 0) is 38.3 Å². The molecule has 1 amide bonds. The Hall–Kier alpha value is -1.36. The van der Waals surface area contributed by atoms with E-state index in [1.54, 1.807) is 17.4 Å². The Morgan fingerprint density at radius 3 is 2.34 bits per heavy atom. The molecule has 1 aromatic carbocycles. The number of amides is 1. The SMILES string of the molecule is CCCCCCCCCCCCSN(C)C(=O)Oc1cccc2c1OC(C)(C)C2. The molecule has 0 aliphatic carbocycles. The Kier molecular flexibility index (Phi) is 10.2. The van der Waals surface area contributed by atoms with E-state index in [2.05, 4.69) is 6.92 Å². The van der Waals surface area contributed by atoms with E-state index >= 15 is 0 Å². The summed E-state index contributed by atoms with van der Waals surface area (Å²) in [5.74, 6) is 2.17. The highest BCUT2D eigenvalue weighted by Gasteiger charge is 2.33. The maximum atomic E-state index is 12.4. The molecule has 1 heterocycles. The Morgan fingerprint density at radius 2 is 1.69 bits per heavy atom. The van der Waals surface area contributed by atoms with Gasteiger partial charge in [-0.25, -0.2) is 4.79 Å². The number of benzene rings is 1. The first-order valence-electron chi connectivity index (χ1n) is 11.3. The van der Waals surface area contributed by atoms with Crippen molar-refractivity contribution in [1.29, 1.82) is 0 Å². The number of carbonyl (C=O) groups is 1. The lowest BCUT2D eigenvalue weighted by Crippen LogP contribution is -2.26. The predicted molar refractivity (Wildman–Crippen MR) is 123 cm³/mol. The average molecular weight is 422 g/mol. The monoisotopic (exact) mass is 421 g/mol. The van der Waals surface area contributed by atoms with Crippen LogP contribution in [0.3, 0.4) is 0 Å². The van der Waals surface area contributed by atoms with Gasteiger partial charge >= 0.3 is 6.09 Å². The number of hydrogen-bond acceptors (Lipinski definition) is 4. The third-order valence-electron chi connectivity index (χ3n) is 5.29. The summed E-state index contributed by atoms with van der Waals surface area (Å²) in [6, 6.07) is 5.76. The van der Waals surface area contributed by atoms with Crippen molar-refractivity contribution in [3.63, 3.8) is 0 Å².